The van der Waals surface area contributed by atoms with Gasteiger partial charge in [-0.2, -0.15) is 0 Å². The maximum absolute atomic E-state index is 13.2. The van der Waals surface area contributed by atoms with E-state index in [9.17, 15) is 9.59 Å². The molecule has 38 heavy (non-hydrogen) atoms. The van der Waals surface area contributed by atoms with E-state index in [-0.39, 0.29) is 42.6 Å². The Labute approximate surface area is 220 Å². The lowest BCUT2D eigenvalue weighted by Crippen LogP contribution is -2.41. The highest BCUT2D eigenvalue weighted by atomic mass is 16.5. The number of nitrogens with zero attached hydrogens (tertiary/aromatic N) is 2. The first kappa shape index (κ1) is 24.0. The molecule has 1 atom stereocenters. The average Bonchev–Trinajstić information content (AvgIpc) is 3.44. The molecule has 0 saturated heterocycles. The van der Waals surface area contributed by atoms with E-state index < -0.39 is 0 Å². The van der Waals surface area contributed by atoms with Gasteiger partial charge in [-0.15, -0.1) is 0 Å². The number of aryl methyl sites for hydroxylation is 1. The largest absolute Gasteiger partial charge is 0.484 e. The highest BCUT2D eigenvalue weighted by molar-refractivity contribution is 5.91. The zero-order chi connectivity index (χ0) is 26.1. The SMILES string of the molecule is Cc1cccc([C@@H]2c3cc(OCc4nc(C(=O)NCc5ccco5)co4)ccc3CCN2C(=O)C2CC2)c1. The van der Waals surface area contributed by atoms with Crippen LogP contribution < -0.4 is 10.1 Å². The van der Waals surface area contributed by atoms with Gasteiger partial charge in [-0.05, 0) is 67.1 Å². The number of rotatable bonds is 8. The van der Waals surface area contributed by atoms with Crippen molar-refractivity contribution in [1.82, 2.24) is 15.2 Å². The summed E-state index contributed by atoms with van der Waals surface area (Å²) in [5.74, 6) is 1.64. The molecule has 2 aliphatic rings. The topological polar surface area (TPSA) is 97.8 Å². The average molecular weight is 512 g/mol. The fourth-order valence-electron chi connectivity index (χ4n) is 4.98. The molecule has 0 bridgehead atoms. The number of carbonyl (C=O) groups excluding carboxylic acids is 2. The Morgan fingerprint density at radius 1 is 1.11 bits per heavy atom. The smallest absolute Gasteiger partial charge is 0.273 e. The molecule has 3 heterocycles. The van der Waals surface area contributed by atoms with Gasteiger partial charge >= 0.3 is 0 Å². The molecule has 2 amide bonds. The van der Waals surface area contributed by atoms with Crippen LogP contribution in [0.4, 0.5) is 0 Å². The lowest BCUT2D eigenvalue weighted by molar-refractivity contribution is -0.134. The van der Waals surface area contributed by atoms with Gasteiger partial charge in [-0.3, -0.25) is 9.59 Å². The van der Waals surface area contributed by atoms with Crippen LogP contribution in [0.5, 0.6) is 5.75 Å². The number of nitrogens with one attached hydrogen (secondary N) is 1. The molecule has 1 aliphatic carbocycles. The molecule has 2 aromatic carbocycles. The van der Waals surface area contributed by atoms with Crippen molar-refractivity contribution in [1.29, 1.82) is 0 Å². The fourth-order valence-corrected chi connectivity index (χ4v) is 4.98. The number of furan rings is 1. The second-order valence-corrected chi connectivity index (χ2v) is 9.91. The third-order valence-corrected chi connectivity index (χ3v) is 7.06. The minimum atomic E-state index is -0.355. The van der Waals surface area contributed by atoms with Crippen LogP contribution in [0.2, 0.25) is 0 Å². The molecule has 0 spiro atoms. The number of carbonyl (C=O) groups is 2. The standard InChI is InChI=1S/C30H29N3O5/c1-19-4-2-5-22(14-19)28-25-15-23(10-9-20(25)11-12-33(28)30(35)21-7-8-21)37-18-27-32-26(17-38-27)29(34)31-16-24-6-3-13-36-24/h2-6,9-10,13-15,17,21,28H,7-8,11-12,16,18H2,1H3,(H,31,34)/t28-/m1/s1. The minimum absolute atomic E-state index is 0.0735. The number of hydrogen-bond donors (Lipinski definition) is 1. The summed E-state index contributed by atoms with van der Waals surface area (Å²) in [7, 11) is 0. The van der Waals surface area contributed by atoms with Crippen molar-refractivity contribution in [3.05, 3.63) is 107 Å². The summed E-state index contributed by atoms with van der Waals surface area (Å²) >= 11 is 0. The Bertz CT molecular complexity index is 1450. The molecule has 1 saturated carbocycles. The lowest BCUT2D eigenvalue weighted by Gasteiger charge is -2.38. The van der Waals surface area contributed by atoms with Crippen LogP contribution in [0.25, 0.3) is 0 Å². The lowest BCUT2D eigenvalue weighted by atomic mass is 9.87. The number of oxazole rings is 1. The van der Waals surface area contributed by atoms with Crippen LogP contribution in [0.3, 0.4) is 0 Å². The van der Waals surface area contributed by atoms with Crippen LogP contribution in [0.1, 0.15) is 63.3 Å². The molecule has 1 aliphatic heterocycles. The van der Waals surface area contributed by atoms with E-state index in [2.05, 4.69) is 41.5 Å². The second kappa shape index (κ2) is 10.2. The summed E-state index contributed by atoms with van der Waals surface area (Å²) in [5.41, 5.74) is 4.74. The predicted molar refractivity (Wildman–Crippen MR) is 138 cm³/mol. The molecular formula is C30H29N3O5. The van der Waals surface area contributed by atoms with Crippen LogP contribution in [-0.2, 0) is 24.4 Å². The molecule has 2 aromatic heterocycles. The van der Waals surface area contributed by atoms with Crippen LogP contribution in [0.15, 0.2) is 76.0 Å². The first-order valence-corrected chi connectivity index (χ1v) is 12.9. The van der Waals surface area contributed by atoms with E-state index in [0.717, 1.165) is 36.0 Å². The van der Waals surface area contributed by atoms with E-state index >= 15 is 0 Å². The Morgan fingerprint density at radius 3 is 2.79 bits per heavy atom. The monoisotopic (exact) mass is 511 g/mol. The molecular weight excluding hydrogens is 482 g/mol. The van der Waals surface area contributed by atoms with Gasteiger partial charge in [0.1, 0.15) is 17.8 Å². The molecule has 1 N–H and O–H groups in total. The molecule has 1 fully saturated rings. The van der Waals surface area contributed by atoms with Crippen molar-refractivity contribution in [2.75, 3.05) is 6.54 Å². The van der Waals surface area contributed by atoms with E-state index in [4.69, 9.17) is 13.6 Å². The summed E-state index contributed by atoms with van der Waals surface area (Å²) in [4.78, 5) is 31.9. The summed E-state index contributed by atoms with van der Waals surface area (Å²) in [6.07, 6.45) is 5.64. The van der Waals surface area contributed by atoms with Gasteiger partial charge in [-0.1, -0.05) is 35.9 Å². The molecule has 8 nitrogen and oxygen atoms in total. The molecule has 0 unspecified atom stereocenters. The summed E-state index contributed by atoms with van der Waals surface area (Å²) in [6, 6.07) is 17.8. The number of hydrogen-bond acceptors (Lipinski definition) is 6. The van der Waals surface area contributed by atoms with E-state index in [1.807, 2.05) is 23.1 Å². The Kier molecular flexibility index (Phi) is 6.45. The van der Waals surface area contributed by atoms with Gasteiger partial charge in [0.2, 0.25) is 11.8 Å². The Morgan fingerprint density at radius 2 is 2.00 bits per heavy atom. The molecule has 4 aromatic rings. The number of aromatic nitrogens is 1. The Balaban J connectivity index is 1.18. The normalized spacial score (nSPS) is 16.7. The second-order valence-electron chi connectivity index (χ2n) is 9.91. The summed E-state index contributed by atoms with van der Waals surface area (Å²) < 4.78 is 16.7. The highest BCUT2D eigenvalue weighted by Gasteiger charge is 2.39. The number of benzene rings is 2. The van der Waals surface area contributed by atoms with Gasteiger partial charge in [0.15, 0.2) is 12.3 Å². The molecule has 0 radical (unpaired) electrons. The number of ether oxygens (including phenoxy) is 1. The van der Waals surface area contributed by atoms with Gasteiger partial charge in [-0.25, -0.2) is 4.98 Å². The summed E-state index contributed by atoms with van der Waals surface area (Å²) in [5, 5.41) is 2.74. The highest BCUT2D eigenvalue weighted by Crippen LogP contribution is 2.41. The van der Waals surface area contributed by atoms with Crippen molar-refractivity contribution >= 4 is 11.8 Å². The van der Waals surface area contributed by atoms with Crippen LogP contribution >= 0.6 is 0 Å². The predicted octanol–water partition coefficient (Wildman–Crippen LogP) is 4.97. The van der Waals surface area contributed by atoms with E-state index in [1.165, 1.54) is 11.8 Å². The number of amides is 2. The van der Waals surface area contributed by atoms with Crippen molar-refractivity contribution < 1.29 is 23.2 Å². The summed E-state index contributed by atoms with van der Waals surface area (Å²) in [6.45, 7) is 3.12. The maximum atomic E-state index is 13.2. The van der Waals surface area contributed by atoms with Gasteiger partial charge in [0, 0.05) is 12.5 Å². The van der Waals surface area contributed by atoms with Gasteiger partial charge in [0.05, 0.1) is 18.8 Å². The van der Waals surface area contributed by atoms with Crippen molar-refractivity contribution in [3.8, 4) is 5.75 Å². The minimum Gasteiger partial charge on any atom is -0.484 e. The first-order chi connectivity index (χ1) is 18.5. The van der Waals surface area contributed by atoms with E-state index in [0.29, 0.717) is 23.9 Å². The van der Waals surface area contributed by atoms with Gasteiger partial charge in [0.25, 0.3) is 5.91 Å². The zero-order valence-corrected chi connectivity index (χ0v) is 21.2. The van der Waals surface area contributed by atoms with Crippen LogP contribution in [0, 0.1) is 12.8 Å². The van der Waals surface area contributed by atoms with Crippen LogP contribution in [-0.4, -0.2) is 28.2 Å². The maximum Gasteiger partial charge on any atom is 0.273 e. The van der Waals surface area contributed by atoms with Crippen molar-refractivity contribution in [2.45, 2.75) is 45.4 Å². The quantitative estimate of drug-likeness (QED) is 0.359. The molecule has 6 rings (SSSR count). The molecule has 194 valence electrons. The fraction of sp³-hybridized carbons (Fsp3) is 0.300. The first-order valence-electron chi connectivity index (χ1n) is 12.9. The third kappa shape index (κ3) is 5.07. The van der Waals surface area contributed by atoms with Crippen molar-refractivity contribution in [3.63, 3.8) is 0 Å². The number of fused-ring (bicyclic) bond motifs is 1. The Hall–Kier alpha value is -4.33. The van der Waals surface area contributed by atoms with E-state index in [1.54, 1.807) is 18.4 Å². The zero-order valence-electron chi connectivity index (χ0n) is 21.2. The van der Waals surface area contributed by atoms with Gasteiger partial charge < -0.3 is 23.8 Å². The third-order valence-electron chi connectivity index (χ3n) is 7.06. The molecule has 8 heteroatoms. The van der Waals surface area contributed by atoms with Crippen molar-refractivity contribution in [2.24, 2.45) is 5.92 Å².